The summed E-state index contributed by atoms with van der Waals surface area (Å²) in [5.74, 6) is -2.62. The molecule has 98 valence electrons. The van der Waals surface area contributed by atoms with Gasteiger partial charge in [-0.15, -0.1) is 0 Å². The number of carboxylic acid groups (broad SMARTS) is 1. The minimum atomic E-state index is -1.29. The first-order valence-electron chi connectivity index (χ1n) is 5.15. The number of halogens is 3. The summed E-state index contributed by atoms with van der Waals surface area (Å²) in [5, 5.41) is 8.75. The van der Waals surface area contributed by atoms with Crippen molar-refractivity contribution in [3.05, 3.63) is 58.1 Å². The molecule has 4 nitrogen and oxygen atoms in total. The van der Waals surface area contributed by atoms with E-state index in [1.807, 2.05) is 0 Å². The Labute approximate surface area is 111 Å². The van der Waals surface area contributed by atoms with Crippen LogP contribution in [0.15, 0.2) is 24.4 Å². The lowest BCUT2D eigenvalue weighted by molar-refractivity contribution is 0.0690. The second-order valence-electron chi connectivity index (χ2n) is 3.74. The van der Waals surface area contributed by atoms with Crippen LogP contribution in [0.1, 0.15) is 21.9 Å². The second-order valence-corrected chi connectivity index (χ2v) is 4.15. The van der Waals surface area contributed by atoms with Crippen LogP contribution in [0.3, 0.4) is 0 Å². The van der Waals surface area contributed by atoms with Crippen molar-refractivity contribution in [2.24, 2.45) is 0 Å². The molecule has 2 aromatic rings. The Kier molecular flexibility index (Phi) is 3.71. The maximum absolute atomic E-state index is 13.0. The Morgan fingerprint density at radius 2 is 1.89 bits per heavy atom. The molecule has 1 N–H and O–H groups in total. The van der Waals surface area contributed by atoms with Gasteiger partial charge in [0, 0.05) is 12.5 Å². The van der Waals surface area contributed by atoms with E-state index >= 15 is 0 Å². The van der Waals surface area contributed by atoms with Crippen LogP contribution >= 0.6 is 11.6 Å². The van der Waals surface area contributed by atoms with Gasteiger partial charge in [0.05, 0.1) is 11.2 Å². The van der Waals surface area contributed by atoms with E-state index in [4.69, 9.17) is 16.7 Å². The summed E-state index contributed by atoms with van der Waals surface area (Å²) >= 11 is 5.62. The molecule has 0 aliphatic rings. The van der Waals surface area contributed by atoms with E-state index in [9.17, 15) is 13.6 Å². The summed E-state index contributed by atoms with van der Waals surface area (Å²) in [6.45, 7) is 0. The third-order valence-corrected chi connectivity index (χ3v) is 2.56. The largest absolute Gasteiger partial charge is 0.476 e. The fourth-order valence-electron chi connectivity index (χ4n) is 1.53. The van der Waals surface area contributed by atoms with Gasteiger partial charge in [0.2, 0.25) is 0 Å². The van der Waals surface area contributed by atoms with Gasteiger partial charge in [0.1, 0.15) is 17.5 Å². The molecular weight excluding hydrogens is 278 g/mol. The average Bonchev–Trinajstić information content (AvgIpc) is 2.30. The number of hydrogen-bond donors (Lipinski definition) is 1. The smallest absolute Gasteiger partial charge is 0.356 e. The predicted octanol–water partition coefficient (Wildman–Crippen LogP) is 2.70. The Hall–Kier alpha value is -2.08. The predicted molar refractivity (Wildman–Crippen MR) is 63.2 cm³/mol. The molecule has 1 heterocycles. The number of carbonyl (C=O) groups is 1. The molecule has 1 aromatic heterocycles. The lowest BCUT2D eigenvalue weighted by atomic mass is 10.1. The number of nitrogens with zero attached hydrogens (tertiary/aromatic N) is 2. The molecule has 0 aliphatic heterocycles. The monoisotopic (exact) mass is 284 g/mol. The number of carboxylic acids is 1. The van der Waals surface area contributed by atoms with E-state index in [0.29, 0.717) is 5.56 Å². The highest BCUT2D eigenvalue weighted by Crippen LogP contribution is 2.15. The summed E-state index contributed by atoms with van der Waals surface area (Å²) < 4.78 is 26.0. The molecule has 0 atom stereocenters. The lowest BCUT2D eigenvalue weighted by Crippen LogP contribution is -2.06. The number of benzene rings is 1. The number of aromatic nitrogens is 2. The molecule has 7 heteroatoms. The van der Waals surface area contributed by atoms with Crippen LogP contribution < -0.4 is 0 Å². The minimum absolute atomic E-state index is 0.00608. The van der Waals surface area contributed by atoms with Crippen LogP contribution in [-0.2, 0) is 6.42 Å². The van der Waals surface area contributed by atoms with Gasteiger partial charge in [-0.05, 0) is 17.7 Å². The van der Waals surface area contributed by atoms with Crippen LogP contribution in [0.4, 0.5) is 8.78 Å². The number of aromatic carboxylic acids is 1. The van der Waals surface area contributed by atoms with E-state index in [0.717, 1.165) is 24.4 Å². The molecule has 0 saturated carbocycles. The number of rotatable bonds is 3. The molecule has 0 saturated heterocycles. The van der Waals surface area contributed by atoms with Crippen LogP contribution in [-0.4, -0.2) is 21.0 Å². The van der Waals surface area contributed by atoms with Crippen molar-refractivity contribution in [1.29, 1.82) is 0 Å². The zero-order valence-corrected chi connectivity index (χ0v) is 10.2. The Morgan fingerprint density at radius 3 is 2.47 bits per heavy atom. The van der Waals surface area contributed by atoms with Gasteiger partial charge in [-0.2, -0.15) is 0 Å². The highest BCUT2D eigenvalue weighted by atomic mass is 35.5. The first kappa shape index (κ1) is 13.4. The van der Waals surface area contributed by atoms with Gasteiger partial charge in [0.15, 0.2) is 5.69 Å². The van der Waals surface area contributed by atoms with Gasteiger partial charge < -0.3 is 5.11 Å². The fraction of sp³-hybridized carbons (Fsp3) is 0.0833. The molecule has 0 fully saturated rings. The van der Waals surface area contributed by atoms with Crippen molar-refractivity contribution in [1.82, 2.24) is 9.97 Å². The fourth-order valence-corrected chi connectivity index (χ4v) is 1.71. The quantitative estimate of drug-likeness (QED) is 0.941. The van der Waals surface area contributed by atoms with Gasteiger partial charge in [-0.1, -0.05) is 11.6 Å². The first-order valence-corrected chi connectivity index (χ1v) is 5.53. The van der Waals surface area contributed by atoms with Crippen LogP contribution in [0.2, 0.25) is 5.02 Å². The summed E-state index contributed by atoms with van der Waals surface area (Å²) in [6, 6.07) is 3.00. The first-order chi connectivity index (χ1) is 8.95. The molecule has 0 radical (unpaired) electrons. The third-order valence-electron chi connectivity index (χ3n) is 2.28. The zero-order chi connectivity index (χ0) is 14.0. The summed E-state index contributed by atoms with van der Waals surface area (Å²) in [4.78, 5) is 18.4. The van der Waals surface area contributed by atoms with Crippen LogP contribution in [0.25, 0.3) is 0 Å². The molecule has 0 unspecified atom stereocenters. The Balaban J connectivity index is 2.33. The topological polar surface area (TPSA) is 63.1 Å². The van der Waals surface area contributed by atoms with E-state index in [2.05, 4.69) is 9.97 Å². The molecule has 0 aliphatic carbocycles. The normalized spacial score (nSPS) is 10.5. The SMILES string of the molecule is O=C(O)c1nc(Cc2cc(F)cc(F)c2)ncc1Cl. The van der Waals surface area contributed by atoms with Gasteiger partial charge >= 0.3 is 5.97 Å². The zero-order valence-electron chi connectivity index (χ0n) is 9.40. The molecular formula is C12H7ClF2N2O2. The van der Waals surface area contributed by atoms with Crippen LogP contribution in [0, 0.1) is 11.6 Å². The van der Waals surface area contributed by atoms with Gasteiger partial charge in [0.25, 0.3) is 0 Å². The minimum Gasteiger partial charge on any atom is -0.476 e. The number of hydrogen-bond acceptors (Lipinski definition) is 3. The van der Waals surface area contributed by atoms with E-state index in [1.54, 1.807) is 0 Å². The summed E-state index contributed by atoms with van der Waals surface area (Å²) in [7, 11) is 0. The molecule has 0 amide bonds. The van der Waals surface area contributed by atoms with E-state index in [1.165, 1.54) is 0 Å². The molecule has 1 aromatic carbocycles. The molecule has 19 heavy (non-hydrogen) atoms. The molecule has 0 bridgehead atoms. The standard InChI is InChI=1S/C12H7ClF2N2O2/c13-9-5-16-10(17-11(9)12(18)19)3-6-1-7(14)4-8(15)2-6/h1-2,4-5H,3H2,(H,18,19). The van der Waals surface area contributed by atoms with Crippen molar-refractivity contribution in [2.45, 2.75) is 6.42 Å². The second kappa shape index (κ2) is 5.27. The van der Waals surface area contributed by atoms with Crippen molar-refractivity contribution in [2.75, 3.05) is 0 Å². The molecule has 2 rings (SSSR count). The maximum Gasteiger partial charge on any atom is 0.356 e. The highest BCUT2D eigenvalue weighted by molar-refractivity contribution is 6.33. The summed E-state index contributed by atoms with van der Waals surface area (Å²) in [6.07, 6.45) is 1.15. The van der Waals surface area contributed by atoms with Crippen molar-refractivity contribution in [3.8, 4) is 0 Å². The van der Waals surface area contributed by atoms with E-state index < -0.39 is 17.6 Å². The van der Waals surface area contributed by atoms with Crippen LogP contribution in [0.5, 0.6) is 0 Å². The van der Waals surface area contributed by atoms with Gasteiger partial charge in [-0.3, -0.25) is 0 Å². The van der Waals surface area contributed by atoms with Gasteiger partial charge in [-0.25, -0.2) is 23.5 Å². The Morgan fingerprint density at radius 1 is 1.26 bits per heavy atom. The summed E-state index contributed by atoms with van der Waals surface area (Å²) in [5.41, 5.74) is -0.0419. The third kappa shape index (κ3) is 3.23. The maximum atomic E-state index is 13.0. The van der Waals surface area contributed by atoms with Crippen molar-refractivity contribution >= 4 is 17.6 Å². The van der Waals surface area contributed by atoms with Crippen molar-refractivity contribution in [3.63, 3.8) is 0 Å². The van der Waals surface area contributed by atoms with Crippen molar-refractivity contribution < 1.29 is 18.7 Å². The average molecular weight is 285 g/mol. The van der Waals surface area contributed by atoms with E-state index in [-0.39, 0.29) is 23.0 Å². The Bertz CT molecular complexity index is 629. The lowest BCUT2D eigenvalue weighted by Gasteiger charge is -2.03. The highest BCUT2D eigenvalue weighted by Gasteiger charge is 2.13. The molecule has 0 spiro atoms.